The van der Waals surface area contributed by atoms with Crippen LogP contribution in [0.15, 0.2) is 24.5 Å². The molecule has 1 amide bonds. The monoisotopic (exact) mass is 413 g/mol. The van der Waals surface area contributed by atoms with Gasteiger partial charge in [0, 0.05) is 44.1 Å². The van der Waals surface area contributed by atoms with Crippen LogP contribution in [0.5, 0.6) is 0 Å². The Labute approximate surface area is 177 Å². The minimum atomic E-state index is -0.0634. The minimum absolute atomic E-state index is 0.0634. The molecule has 2 saturated heterocycles. The van der Waals surface area contributed by atoms with Crippen molar-refractivity contribution in [1.29, 1.82) is 0 Å². The fraction of sp³-hybridized carbons (Fsp3) is 0.591. The normalized spacial score (nSPS) is 21.3. The van der Waals surface area contributed by atoms with Gasteiger partial charge in [-0.25, -0.2) is 4.98 Å². The number of hydrogen-bond donors (Lipinski definition) is 1. The van der Waals surface area contributed by atoms with E-state index in [-0.39, 0.29) is 5.91 Å². The van der Waals surface area contributed by atoms with Gasteiger partial charge < -0.3 is 10.2 Å². The van der Waals surface area contributed by atoms with Gasteiger partial charge in [0.15, 0.2) is 5.13 Å². The molecule has 2 aromatic rings. The first-order valence-corrected chi connectivity index (χ1v) is 11.5. The number of nitrogens with one attached hydrogen (secondary N) is 1. The van der Waals surface area contributed by atoms with Gasteiger partial charge >= 0.3 is 0 Å². The molecule has 4 rings (SSSR count). The van der Waals surface area contributed by atoms with Crippen molar-refractivity contribution in [1.82, 2.24) is 20.2 Å². The van der Waals surface area contributed by atoms with Gasteiger partial charge in [-0.15, -0.1) is 0 Å². The predicted molar refractivity (Wildman–Crippen MR) is 117 cm³/mol. The zero-order valence-corrected chi connectivity index (χ0v) is 18.2. The van der Waals surface area contributed by atoms with E-state index in [0.29, 0.717) is 17.5 Å². The lowest BCUT2D eigenvalue weighted by Crippen LogP contribution is -2.48. The summed E-state index contributed by atoms with van der Waals surface area (Å²) in [6, 6.07) is 4.66. The van der Waals surface area contributed by atoms with Crippen molar-refractivity contribution in [2.24, 2.45) is 5.92 Å². The highest BCUT2D eigenvalue weighted by Gasteiger charge is 2.28. The Kier molecular flexibility index (Phi) is 6.45. The van der Waals surface area contributed by atoms with Crippen molar-refractivity contribution in [3.63, 3.8) is 0 Å². The first-order chi connectivity index (χ1) is 14.1. The van der Waals surface area contributed by atoms with E-state index >= 15 is 0 Å². The molecular formula is C22H31N5OS. The van der Waals surface area contributed by atoms with Crippen LogP contribution in [0.2, 0.25) is 0 Å². The van der Waals surface area contributed by atoms with Gasteiger partial charge in [0.05, 0.1) is 6.20 Å². The maximum atomic E-state index is 12.5. The smallest absolute Gasteiger partial charge is 0.263 e. The number of piperidine rings is 2. The van der Waals surface area contributed by atoms with Gasteiger partial charge in [-0.3, -0.25) is 14.7 Å². The second-order valence-corrected chi connectivity index (χ2v) is 9.47. The molecule has 4 heterocycles. The summed E-state index contributed by atoms with van der Waals surface area (Å²) in [7, 11) is 0. The molecule has 156 valence electrons. The van der Waals surface area contributed by atoms with Crippen LogP contribution in [0.3, 0.4) is 0 Å². The van der Waals surface area contributed by atoms with Crippen LogP contribution in [-0.4, -0.2) is 53.0 Å². The van der Waals surface area contributed by atoms with Crippen molar-refractivity contribution in [2.45, 2.75) is 52.1 Å². The molecule has 0 aliphatic carbocycles. The number of hydrogen-bond acceptors (Lipinski definition) is 6. The first kappa shape index (κ1) is 20.3. The largest absolute Gasteiger partial charge is 0.348 e. The van der Waals surface area contributed by atoms with Gasteiger partial charge in [-0.1, -0.05) is 24.3 Å². The van der Waals surface area contributed by atoms with Crippen LogP contribution in [-0.2, 0) is 6.54 Å². The average molecular weight is 414 g/mol. The second-order valence-electron chi connectivity index (χ2n) is 8.46. The number of carbonyl (C=O) groups excluding carboxylic acids is 1. The summed E-state index contributed by atoms with van der Waals surface area (Å²) >= 11 is 1.50. The highest BCUT2D eigenvalue weighted by Crippen LogP contribution is 2.28. The van der Waals surface area contributed by atoms with Crippen LogP contribution in [0, 0.1) is 12.8 Å². The summed E-state index contributed by atoms with van der Waals surface area (Å²) in [5.41, 5.74) is 1.98. The maximum Gasteiger partial charge on any atom is 0.263 e. The summed E-state index contributed by atoms with van der Waals surface area (Å²) in [5, 5.41) is 3.94. The van der Waals surface area contributed by atoms with Crippen molar-refractivity contribution in [3.05, 3.63) is 40.7 Å². The highest BCUT2D eigenvalue weighted by molar-refractivity contribution is 7.17. The number of aryl methyl sites for hydroxylation is 1. The lowest BCUT2D eigenvalue weighted by Gasteiger charge is -2.41. The molecule has 0 saturated carbocycles. The molecule has 6 nitrogen and oxygen atoms in total. The van der Waals surface area contributed by atoms with E-state index in [0.717, 1.165) is 35.4 Å². The molecule has 2 fully saturated rings. The third-order valence-corrected chi connectivity index (χ3v) is 7.14. The third kappa shape index (κ3) is 5.14. The number of thiazole rings is 1. The summed E-state index contributed by atoms with van der Waals surface area (Å²) in [6.07, 6.45) is 8.61. The Balaban J connectivity index is 1.27. The number of carbonyl (C=O) groups is 1. The molecule has 7 heteroatoms. The number of nitrogens with zero attached hydrogens (tertiary/aromatic N) is 4. The summed E-state index contributed by atoms with van der Waals surface area (Å²) in [6.45, 7) is 9.38. The van der Waals surface area contributed by atoms with E-state index in [4.69, 9.17) is 0 Å². The number of amides is 1. The lowest BCUT2D eigenvalue weighted by molar-refractivity contribution is 0.0954. The third-order valence-electron chi connectivity index (χ3n) is 6.08. The van der Waals surface area contributed by atoms with E-state index in [1.807, 2.05) is 19.1 Å². The Morgan fingerprint density at radius 3 is 2.72 bits per heavy atom. The van der Waals surface area contributed by atoms with Crippen LogP contribution >= 0.6 is 11.3 Å². The number of likely N-dealkylation sites (tertiary alicyclic amines) is 1. The summed E-state index contributed by atoms with van der Waals surface area (Å²) in [5.74, 6) is 0.768. The molecular weight excluding hydrogens is 382 g/mol. The topological polar surface area (TPSA) is 61.4 Å². The second kappa shape index (κ2) is 9.22. The SMILES string of the molecule is Cc1ccc(CNC(=O)c2cnc(N3CCC(N4CCC[C@@H](C)C4)CC3)s2)cn1. The van der Waals surface area contributed by atoms with Crippen molar-refractivity contribution in [3.8, 4) is 0 Å². The van der Waals surface area contributed by atoms with E-state index in [2.05, 4.69) is 32.0 Å². The summed E-state index contributed by atoms with van der Waals surface area (Å²) < 4.78 is 0. The molecule has 0 spiro atoms. The molecule has 1 N–H and O–H groups in total. The quantitative estimate of drug-likeness (QED) is 0.813. The van der Waals surface area contributed by atoms with Crippen molar-refractivity contribution in [2.75, 3.05) is 31.1 Å². The van der Waals surface area contributed by atoms with Gasteiger partial charge in [0.25, 0.3) is 5.91 Å². The number of aromatic nitrogens is 2. The number of pyridine rings is 1. The van der Waals surface area contributed by atoms with Crippen molar-refractivity contribution < 1.29 is 4.79 Å². The fourth-order valence-corrected chi connectivity index (χ4v) is 5.25. The lowest BCUT2D eigenvalue weighted by atomic mass is 9.95. The van der Waals surface area contributed by atoms with Crippen LogP contribution < -0.4 is 10.2 Å². The molecule has 2 aliphatic rings. The Morgan fingerprint density at radius 1 is 1.17 bits per heavy atom. The Hall–Kier alpha value is -1.99. The fourth-order valence-electron chi connectivity index (χ4n) is 4.37. The average Bonchev–Trinajstić information content (AvgIpc) is 3.24. The minimum Gasteiger partial charge on any atom is -0.348 e. The van der Waals surface area contributed by atoms with Gasteiger partial charge in [-0.05, 0) is 56.7 Å². The van der Waals surface area contributed by atoms with Crippen LogP contribution in [0.4, 0.5) is 5.13 Å². The zero-order chi connectivity index (χ0) is 20.2. The molecule has 0 unspecified atom stereocenters. The Morgan fingerprint density at radius 2 is 2.00 bits per heavy atom. The van der Waals surface area contributed by atoms with Gasteiger partial charge in [0.2, 0.25) is 0 Å². The van der Waals surface area contributed by atoms with E-state index in [9.17, 15) is 4.79 Å². The molecule has 1 atom stereocenters. The summed E-state index contributed by atoms with van der Waals surface area (Å²) in [4.78, 5) is 27.0. The zero-order valence-electron chi connectivity index (χ0n) is 17.4. The molecule has 0 aromatic carbocycles. The number of anilines is 1. The molecule has 2 aromatic heterocycles. The van der Waals surface area contributed by atoms with Crippen molar-refractivity contribution >= 4 is 22.4 Å². The molecule has 0 bridgehead atoms. The molecule has 2 aliphatic heterocycles. The predicted octanol–water partition coefficient (Wildman–Crippen LogP) is 3.48. The number of rotatable bonds is 5. The van der Waals surface area contributed by atoms with Crippen LogP contribution in [0.1, 0.15) is 53.5 Å². The van der Waals surface area contributed by atoms with E-state index < -0.39 is 0 Å². The van der Waals surface area contributed by atoms with E-state index in [1.54, 1.807) is 12.4 Å². The molecule has 29 heavy (non-hydrogen) atoms. The Bertz CT molecular complexity index is 813. The van der Waals surface area contributed by atoms with Crippen LogP contribution in [0.25, 0.3) is 0 Å². The highest BCUT2D eigenvalue weighted by atomic mass is 32.1. The van der Waals surface area contributed by atoms with Gasteiger partial charge in [0.1, 0.15) is 4.88 Å². The first-order valence-electron chi connectivity index (χ1n) is 10.7. The van der Waals surface area contributed by atoms with E-state index in [1.165, 1.54) is 50.1 Å². The van der Waals surface area contributed by atoms with Gasteiger partial charge in [-0.2, -0.15) is 0 Å². The maximum absolute atomic E-state index is 12.5. The standard InChI is InChI=1S/C22H31N5OS/c1-16-4-3-9-27(15-16)19-7-10-26(11-8-19)22-25-14-20(29-22)21(28)24-13-18-6-5-17(2)23-12-18/h5-6,12,14,16,19H,3-4,7-11,13,15H2,1-2H3,(H,24,28)/t16-/m1/s1. The molecule has 0 radical (unpaired) electrons.